The summed E-state index contributed by atoms with van der Waals surface area (Å²) in [5.41, 5.74) is 2.41. The molecular weight excluding hydrogens is 346 g/mol. The molecule has 0 saturated carbocycles. The van der Waals surface area contributed by atoms with Crippen LogP contribution >= 0.6 is 0 Å². The second kappa shape index (κ2) is 8.66. The van der Waals surface area contributed by atoms with Gasteiger partial charge in [-0.1, -0.05) is 18.2 Å². The lowest BCUT2D eigenvalue weighted by molar-refractivity contribution is -0.118. The van der Waals surface area contributed by atoms with Gasteiger partial charge >= 0.3 is 0 Å². The fraction of sp³-hybridized carbons (Fsp3) is 0.150. The van der Waals surface area contributed by atoms with Crippen LogP contribution < -0.4 is 14.8 Å². The first-order chi connectivity index (χ1) is 13.2. The zero-order valence-corrected chi connectivity index (χ0v) is 15.0. The van der Waals surface area contributed by atoms with E-state index < -0.39 is 0 Å². The summed E-state index contributed by atoms with van der Waals surface area (Å²) in [5, 5.41) is 10.2. The normalized spacial score (nSPS) is 10.7. The van der Waals surface area contributed by atoms with Gasteiger partial charge in [0.1, 0.15) is 0 Å². The molecule has 3 rings (SSSR count). The van der Waals surface area contributed by atoms with Crippen LogP contribution in [0.1, 0.15) is 12.5 Å². The van der Waals surface area contributed by atoms with Crippen molar-refractivity contribution in [3.8, 4) is 23.0 Å². The highest BCUT2D eigenvalue weighted by Gasteiger charge is 2.09. The number of ether oxygens (including phenoxy) is 2. The molecule has 7 nitrogen and oxygen atoms in total. The largest absolute Gasteiger partial charge is 0.493 e. The van der Waals surface area contributed by atoms with Gasteiger partial charge in [0.15, 0.2) is 18.1 Å². The molecule has 0 fully saturated rings. The number of carbonyl (C=O) groups excluding carboxylic acids is 1. The Labute approximate surface area is 156 Å². The molecule has 1 amide bonds. The van der Waals surface area contributed by atoms with E-state index in [2.05, 4.69) is 15.5 Å². The van der Waals surface area contributed by atoms with Crippen LogP contribution in [0.4, 0.5) is 5.69 Å². The van der Waals surface area contributed by atoms with Crippen molar-refractivity contribution in [1.82, 2.24) is 10.2 Å². The summed E-state index contributed by atoms with van der Waals surface area (Å²) in [6.45, 7) is 1.81. The van der Waals surface area contributed by atoms with Crippen LogP contribution in [0.3, 0.4) is 0 Å². The van der Waals surface area contributed by atoms with Crippen LogP contribution in [-0.2, 0) is 4.79 Å². The van der Waals surface area contributed by atoms with Gasteiger partial charge in [-0.25, -0.2) is 0 Å². The van der Waals surface area contributed by atoms with E-state index in [1.54, 1.807) is 37.4 Å². The lowest BCUT2D eigenvalue weighted by atomic mass is 10.2. The second-order valence-corrected chi connectivity index (χ2v) is 5.57. The topological polar surface area (TPSA) is 86.5 Å². The van der Waals surface area contributed by atoms with Gasteiger partial charge in [-0.05, 0) is 48.9 Å². The molecule has 1 N–H and O–H groups in total. The Balaban J connectivity index is 1.58. The number of nitrogens with zero attached hydrogens (tertiary/aromatic N) is 2. The highest BCUT2D eigenvalue weighted by atomic mass is 16.5. The molecule has 0 aliphatic carbocycles. The minimum atomic E-state index is -0.278. The maximum Gasteiger partial charge on any atom is 0.262 e. The first kappa shape index (κ1) is 18.2. The summed E-state index contributed by atoms with van der Waals surface area (Å²) >= 11 is 0. The number of aromatic nitrogens is 2. The van der Waals surface area contributed by atoms with Gasteiger partial charge in [0.05, 0.1) is 7.11 Å². The SMILES string of the molecule is C/C=C/c1ccc(OCC(=O)Nc2ccc(-c3nnco3)cc2)c(OC)c1. The van der Waals surface area contributed by atoms with Crippen molar-refractivity contribution in [2.75, 3.05) is 19.0 Å². The van der Waals surface area contributed by atoms with E-state index in [0.29, 0.717) is 23.1 Å². The summed E-state index contributed by atoms with van der Waals surface area (Å²) in [4.78, 5) is 12.1. The van der Waals surface area contributed by atoms with Gasteiger partial charge in [-0.15, -0.1) is 10.2 Å². The molecule has 27 heavy (non-hydrogen) atoms. The van der Waals surface area contributed by atoms with E-state index in [-0.39, 0.29) is 12.5 Å². The van der Waals surface area contributed by atoms with Crippen molar-refractivity contribution in [1.29, 1.82) is 0 Å². The molecule has 3 aromatic rings. The van der Waals surface area contributed by atoms with Gasteiger partial charge in [0, 0.05) is 11.3 Å². The standard InChI is InChI=1S/C20H19N3O4/c1-3-4-14-5-10-17(18(11-14)25-2)26-12-19(24)22-16-8-6-15(7-9-16)20-23-21-13-27-20/h3-11,13H,12H2,1-2H3,(H,22,24)/b4-3+. The van der Waals surface area contributed by atoms with Crippen molar-refractivity contribution in [2.24, 2.45) is 0 Å². The average molecular weight is 365 g/mol. The van der Waals surface area contributed by atoms with E-state index in [1.165, 1.54) is 6.39 Å². The number of anilines is 1. The molecule has 0 unspecified atom stereocenters. The zero-order valence-electron chi connectivity index (χ0n) is 15.0. The number of amides is 1. The molecule has 1 heterocycles. The van der Waals surface area contributed by atoms with Crippen molar-refractivity contribution in [2.45, 2.75) is 6.92 Å². The molecule has 0 spiro atoms. The zero-order chi connectivity index (χ0) is 19.1. The molecule has 0 bridgehead atoms. The minimum absolute atomic E-state index is 0.134. The van der Waals surface area contributed by atoms with Crippen LogP contribution in [0.25, 0.3) is 17.5 Å². The smallest absolute Gasteiger partial charge is 0.262 e. The predicted molar refractivity (Wildman–Crippen MR) is 102 cm³/mol. The molecule has 2 aromatic carbocycles. The molecule has 0 atom stereocenters. The Kier molecular flexibility index (Phi) is 5.84. The summed E-state index contributed by atoms with van der Waals surface area (Å²) in [5.74, 6) is 1.22. The predicted octanol–water partition coefficient (Wildman–Crippen LogP) is 3.80. The Morgan fingerprint density at radius 2 is 2.00 bits per heavy atom. The van der Waals surface area contributed by atoms with Crippen LogP contribution in [0.2, 0.25) is 0 Å². The van der Waals surface area contributed by atoms with Crippen molar-refractivity contribution in [3.63, 3.8) is 0 Å². The first-order valence-corrected chi connectivity index (χ1v) is 8.29. The van der Waals surface area contributed by atoms with E-state index in [4.69, 9.17) is 13.9 Å². The van der Waals surface area contributed by atoms with Crippen LogP contribution in [0, 0.1) is 0 Å². The first-order valence-electron chi connectivity index (χ1n) is 8.29. The quantitative estimate of drug-likeness (QED) is 0.685. The Morgan fingerprint density at radius 1 is 1.19 bits per heavy atom. The van der Waals surface area contributed by atoms with Crippen LogP contribution in [0.5, 0.6) is 11.5 Å². The maximum absolute atomic E-state index is 12.1. The van der Waals surface area contributed by atoms with E-state index in [0.717, 1.165) is 11.1 Å². The van der Waals surface area contributed by atoms with E-state index in [1.807, 2.05) is 31.2 Å². The van der Waals surface area contributed by atoms with Gasteiger partial charge in [0.25, 0.3) is 5.91 Å². The molecule has 1 aromatic heterocycles. The maximum atomic E-state index is 12.1. The number of carbonyl (C=O) groups is 1. The van der Waals surface area contributed by atoms with Gasteiger partial charge < -0.3 is 19.2 Å². The lowest BCUT2D eigenvalue weighted by Crippen LogP contribution is -2.20. The van der Waals surface area contributed by atoms with Crippen LogP contribution in [-0.4, -0.2) is 29.8 Å². The Hall–Kier alpha value is -3.61. The minimum Gasteiger partial charge on any atom is -0.493 e. The molecule has 138 valence electrons. The third kappa shape index (κ3) is 4.72. The van der Waals surface area contributed by atoms with Crippen molar-refractivity contribution < 1.29 is 18.7 Å². The third-order valence-electron chi connectivity index (χ3n) is 3.68. The second-order valence-electron chi connectivity index (χ2n) is 5.57. The molecule has 0 radical (unpaired) electrons. The number of rotatable bonds is 7. The van der Waals surface area contributed by atoms with E-state index >= 15 is 0 Å². The summed E-state index contributed by atoms with van der Waals surface area (Å²) in [6, 6.07) is 12.6. The monoisotopic (exact) mass is 365 g/mol. The van der Waals surface area contributed by atoms with Gasteiger partial charge in [-0.3, -0.25) is 4.79 Å². The fourth-order valence-electron chi connectivity index (χ4n) is 2.43. The number of methoxy groups -OCH3 is 1. The number of benzene rings is 2. The number of hydrogen-bond acceptors (Lipinski definition) is 6. The Bertz CT molecular complexity index is 919. The van der Waals surface area contributed by atoms with Gasteiger partial charge in [-0.2, -0.15) is 0 Å². The molecular formula is C20H19N3O4. The summed E-state index contributed by atoms with van der Waals surface area (Å²) in [7, 11) is 1.56. The average Bonchev–Trinajstić information content (AvgIpc) is 3.22. The molecule has 7 heteroatoms. The summed E-state index contributed by atoms with van der Waals surface area (Å²) < 4.78 is 16.0. The highest BCUT2D eigenvalue weighted by molar-refractivity contribution is 5.92. The molecule has 0 aliphatic heterocycles. The lowest BCUT2D eigenvalue weighted by Gasteiger charge is -2.11. The Morgan fingerprint density at radius 3 is 2.67 bits per heavy atom. The number of nitrogens with one attached hydrogen (secondary N) is 1. The van der Waals surface area contributed by atoms with Crippen molar-refractivity contribution in [3.05, 3.63) is 60.5 Å². The number of allylic oxidation sites excluding steroid dienone is 1. The highest BCUT2D eigenvalue weighted by Crippen LogP contribution is 2.28. The van der Waals surface area contributed by atoms with Gasteiger partial charge in [0.2, 0.25) is 12.3 Å². The van der Waals surface area contributed by atoms with E-state index in [9.17, 15) is 4.79 Å². The van der Waals surface area contributed by atoms with Crippen molar-refractivity contribution >= 4 is 17.7 Å². The molecule has 0 saturated heterocycles. The third-order valence-corrected chi connectivity index (χ3v) is 3.68. The fourth-order valence-corrected chi connectivity index (χ4v) is 2.43. The van der Waals surface area contributed by atoms with Crippen LogP contribution in [0.15, 0.2) is 59.4 Å². The number of hydrogen-bond donors (Lipinski definition) is 1. The summed E-state index contributed by atoms with van der Waals surface area (Å²) in [6.07, 6.45) is 5.16. The molecule has 0 aliphatic rings.